The van der Waals surface area contributed by atoms with Crippen LogP contribution >= 0.6 is 0 Å². The van der Waals surface area contributed by atoms with E-state index in [2.05, 4.69) is 19.2 Å². The summed E-state index contributed by atoms with van der Waals surface area (Å²) in [7, 11) is 0. The van der Waals surface area contributed by atoms with Gasteiger partial charge in [0.15, 0.2) is 6.61 Å². The van der Waals surface area contributed by atoms with Crippen LogP contribution in [0.3, 0.4) is 0 Å². The van der Waals surface area contributed by atoms with E-state index in [0.717, 1.165) is 27.9 Å². The van der Waals surface area contributed by atoms with Crippen LogP contribution in [-0.4, -0.2) is 18.5 Å². The van der Waals surface area contributed by atoms with E-state index >= 15 is 0 Å². The number of benzene rings is 2. The minimum atomic E-state index is -0.546. The second-order valence-corrected chi connectivity index (χ2v) is 7.08. The van der Waals surface area contributed by atoms with Crippen molar-refractivity contribution in [3.8, 4) is 0 Å². The SMILES string of the molecule is Cc1cc(C)c(NC(=O)COC(=O)/C=C/c2ccc(C(C)C)cc2)c(C)c1. The number of nitrogens with one attached hydrogen (secondary N) is 1. The minimum absolute atomic E-state index is 0.317. The average Bonchev–Trinajstić information content (AvgIpc) is 2.61. The van der Waals surface area contributed by atoms with Crippen LogP contribution in [0.4, 0.5) is 5.69 Å². The molecule has 0 saturated carbocycles. The first-order valence-corrected chi connectivity index (χ1v) is 9.08. The molecule has 1 amide bonds. The highest BCUT2D eigenvalue weighted by Gasteiger charge is 2.10. The van der Waals surface area contributed by atoms with E-state index in [0.29, 0.717) is 5.92 Å². The van der Waals surface area contributed by atoms with Crippen molar-refractivity contribution in [3.63, 3.8) is 0 Å². The van der Waals surface area contributed by atoms with E-state index in [9.17, 15) is 9.59 Å². The fraction of sp³-hybridized carbons (Fsp3) is 0.304. The lowest BCUT2D eigenvalue weighted by atomic mass is 10.0. The molecular weight excluding hydrogens is 338 g/mol. The summed E-state index contributed by atoms with van der Waals surface area (Å²) >= 11 is 0. The standard InChI is InChI=1S/C23H27NO3/c1-15(2)20-9-6-19(7-10-20)8-11-22(26)27-14-21(25)24-23-17(4)12-16(3)13-18(23)5/h6-13,15H,14H2,1-5H3,(H,24,25)/b11-8+. The molecule has 1 N–H and O–H groups in total. The second kappa shape index (κ2) is 9.17. The molecule has 0 radical (unpaired) electrons. The monoisotopic (exact) mass is 365 g/mol. The number of ether oxygens (including phenoxy) is 1. The number of esters is 1. The highest BCUT2D eigenvalue weighted by atomic mass is 16.5. The van der Waals surface area contributed by atoms with Crippen molar-refractivity contribution in [2.24, 2.45) is 0 Å². The zero-order valence-corrected chi connectivity index (χ0v) is 16.6. The smallest absolute Gasteiger partial charge is 0.331 e. The molecule has 4 nitrogen and oxygen atoms in total. The van der Waals surface area contributed by atoms with E-state index in [4.69, 9.17) is 4.74 Å². The maximum absolute atomic E-state index is 12.1. The third-order valence-corrected chi connectivity index (χ3v) is 4.30. The molecule has 0 aliphatic carbocycles. The highest BCUT2D eigenvalue weighted by Crippen LogP contribution is 2.21. The second-order valence-electron chi connectivity index (χ2n) is 7.08. The minimum Gasteiger partial charge on any atom is -0.452 e. The Balaban J connectivity index is 1.87. The molecule has 0 bridgehead atoms. The Bertz CT molecular complexity index is 825. The molecule has 0 unspecified atom stereocenters. The fourth-order valence-corrected chi connectivity index (χ4v) is 2.89. The topological polar surface area (TPSA) is 55.4 Å². The van der Waals surface area contributed by atoms with Crippen LogP contribution in [0, 0.1) is 20.8 Å². The molecule has 27 heavy (non-hydrogen) atoms. The van der Waals surface area contributed by atoms with Gasteiger partial charge in [0.25, 0.3) is 5.91 Å². The van der Waals surface area contributed by atoms with Crippen LogP contribution in [0.15, 0.2) is 42.5 Å². The van der Waals surface area contributed by atoms with Gasteiger partial charge in [-0.25, -0.2) is 4.79 Å². The number of aryl methyl sites for hydroxylation is 3. The van der Waals surface area contributed by atoms with Gasteiger partial charge >= 0.3 is 5.97 Å². The van der Waals surface area contributed by atoms with Crippen molar-refractivity contribution in [3.05, 3.63) is 70.3 Å². The van der Waals surface area contributed by atoms with Gasteiger partial charge in [-0.2, -0.15) is 0 Å². The summed E-state index contributed by atoms with van der Waals surface area (Å²) in [6, 6.07) is 12.0. The van der Waals surface area contributed by atoms with Crippen LogP contribution in [-0.2, 0) is 14.3 Å². The molecule has 0 fully saturated rings. The predicted molar refractivity (Wildman–Crippen MR) is 110 cm³/mol. The largest absolute Gasteiger partial charge is 0.452 e. The van der Waals surface area contributed by atoms with E-state index < -0.39 is 5.97 Å². The van der Waals surface area contributed by atoms with Crippen LogP contribution in [0.1, 0.15) is 47.6 Å². The molecule has 0 aliphatic rings. The maximum Gasteiger partial charge on any atom is 0.331 e. The zero-order valence-electron chi connectivity index (χ0n) is 16.6. The van der Waals surface area contributed by atoms with E-state index in [1.807, 2.05) is 57.2 Å². The maximum atomic E-state index is 12.1. The number of carbonyl (C=O) groups excluding carboxylic acids is 2. The summed E-state index contributed by atoms with van der Waals surface area (Å²) in [5, 5.41) is 2.81. The summed E-state index contributed by atoms with van der Waals surface area (Å²) in [6.07, 6.45) is 3.01. The lowest BCUT2D eigenvalue weighted by Gasteiger charge is -2.12. The van der Waals surface area contributed by atoms with Crippen LogP contribution < -0.4 is 5.32 Å². The molecule has 0 atom stereocenters. The van der Waals surface area contributed by atoms with Gasteiger partial charge in [-0.15, -0.1) is 0 Å². The molecule has 0 spiro atoms. The van der Waals surface area contributed by atoms with Gasteiger partial charge in [0.05, 0.1) is 0 Å². The first-order valence-electron chi connectivity index (χ1n) is 9.08. The summed E-state index contributed by atoms with van der Waals surface area (Å²) in [5.41, 5.74) is 6.03. The van der Waals surface area contributed by atoms with Gasteiger partial charge in [0.1, 0.15) is 0 Å². The van der Waals surface area contributed by atoms with Gasteiger partial charge in [-0.05, 0) is 55.0 Å². The van der Waals surface area contributed by atoms with Crippen LogP contribution in [0.5, 0.6) is 0 Å². The van der Waals surface area contributed by atoms with E-state index in [1.165, 1.54) is 11.6 Å². The van der Waals surface area contributed by atoms with Crippen molar-refractivity contribution in [2.45, 2.75) is 40.5 Å². The molecule has 0 saturated heterocycles. The molecule has 2 rings (SSSR count). The Morgan fingerprint density at radius 3 is 2.19 bits per heavy atom. The van der Waals surface area contributed by atoms with Crippen LogP contribution in [0.25, 0.3) is 6.08 Å². The molecular formula is C23H27NO3. The Hall–Kier alpha value is -2.88. The van der Waals surface area contributed by atoms with Crippen molar-refractivity contribution in [2.75, 3.05) is 11.9 Å². The Labute approximate surface area is 161 Å². The summed E-state index contributed by atoms with van der Waals surface area (Å²) in [6.45, 7) is 9.84. The molecule has 142 valence electrons. The fourth-order valence-electron chi connectivity index (χ4n) is 2.89. The first kappa shape index (κ1) is 20.4. The molecule has 2 aromatic rings. The zero-order chi connectivity index (χ0) is 20.0. The number of anilines is 1. The Kier molecular flexibility index (Phi) is 6.94. The summed E-state index contributed by atoms with van der Waals surface area (Å²) in [5.74, 6) is -0.434. The van der Waals surface area contributed by atoms with Gasteiger partial charge in [0.2, 0.25) is 0 Å². The lowest BCUT2D eigenvalue weighted by Crippen LogP contribution is -2.21. The third-order valence-electron chi connectivity index (χ3n) is 4.30. The van der Waals surface area contributed by atoms with Crippen LogP contribution in [0.2, 0.25) is 0 Å². The Morgan fingerprint density at radius 2 is 1.63 bits per heavy atom. The first-order chi connectivity index (χ1) is 12.8. The number of hydrogen-bond donors (Lipinski definition) is 1. The number of hydrogen-bond acceptors (Lipinski definition) is 3. The van der Waals surface area contributed by atoms with Crippen molar-refractivity contribution in [1.29, 1.82) is 0 Å². The molecule has 0 aromatic heterocycles. The molecule has 0 heterocycles. The highest BCUT2D eigenvalue weighted by molar-refractivity contribution is 5.95. The summed E-state index contributed by atoms with van der Waals surface area (Å²) < 4.78 is 5.03. The quantitative estimate of drug-likeness (QED) is 0.583. The number of rotatable bonds is 6. The molecule has 0 aliphatic heterocycles. The molecule has 4 heteroatoms. The number of carbonyl (C=O) groups is 2. The molecule has 2 aromatic carbocycles. The normalized spacial score (nSPS) is 11.0. The van der Waals surface area contributed by atoms with E-state index in [-0.39, 0.29) is 12.5 Å². The van der Waals surface area contributed by atoms with Crippen molar-refractivity contribution >= 4 is 23.6 Å². The van der Waals surface area contributed by atoms with Crippen molar-refractivity contribution in [1.82, 2.24) is 0 Å². The third kappa shape index (κ3) is 6.10. The summed E-state index contributed by atoms with van der Waals surface area (Å²) in [4.78, 5) is 23.9. The average molecular weight is 365 g/mol. The Morgan fingerprint density at radius 1 is 1.04 bits per heavy atom. The van der Waals surface area contributed by atoms with Gasteiger partial charge in [-0.1, -0.05) is 55.8 Å². The number of amides is 1. The lowest BCUT2D eigenvalue weighted by molar-refractivity contribution is -0.142. The van der Waals surface area contributed by atoms with Gasteiger partial charge in [-0.3, -0.25) is 4.79 Å². The predicted octanol–water partition coefficient (Wildman–Crippen LogP) is 4.93. The van der Waals surface area contributed by atoms with Crippen molar-refractivity contribution < 1.29 is 14.3 Å². The van der Waals surface area contributed by atoms with Gasteiger partial charge < -0.3 is 10.1 Å². The van der Waals surface area contributed by atoms with E-state index in [1.54, 1.807) is 6.08 Å². The van der Waals surface area contributed by atoms with Gasteiger partial charge in [0, 0.05) is 11.8 Å².